The summed E-state index contributed by atoms with van der Waals surface area (Å²) in [5, 5.41) is 1.71. The monoisotopic (exact) mass is 401 g/mol. The van der Waals surface area contributed by atoms with Gasteiger partial charge in [0.2, 0.25) is 0 Å². The van der Waals surface area contributed by atoms with Gasteiger partial charge in [0.1, 0.15) is 24.4 Å². The molecular weight excluding hydrogens is 370 g/mol. The maximum absolute atomic E-state index is 12.2. The molecule has 9 nitrogen and oxygen atoms in total. The Morgan fingerprint density at radius 1 is 1.00 bits per heavy atom. The van der Waals surface area contributed by atoms with Crippen molar-refractivity contribution in [1.82, 2.24) is 5.06 Å². The Kier molecular flexibility index (Phi) is 4.82. The molecule has 4 aliphatic rings. The van der Waals surface area contributed by atoms with E-state index in [9.17, 15) is 4.79 Å². The van der Waals surface area contributed by atoms with Crippen molar-refractivity contribution in [3.63, 3.8) is 0 Å². The number of hydrogen-bond acceptors (Lipinski definition) is 9. The molecule has 4 aliphatic heterocycles. The van der Waals surface area contributed by atoms with Crippen molar-refractivity contribution in [2.75, 3.05) is 13.7 Å². The van der Waals surface area contributed by atoms with E-state index in [-0.39, 0.29) is 30.5 Å². The minimum absolute atomic E-state index is 0.0713. The second-order valence-electron chi connectivity index (χ2n) is 9.15. The van der Waals surface area contributed by atoms with Crippen molar-refractivity contribution in [2.45, 2.75) is 102 Å². The van der Waals surface area contributed by atoms with Gasteiger partial charge < -0.3 is 28.4 Å². The lowest BCUT2D eigenvalue weighted by atomic mass is 9.99. The van der Waals surface area contributed by atoms with Gasteiger partial charge in [0.05, 0.1) is 13.7 Å². The van der Waals surface area contributed by atoms with Crippen LogP contribution in [0.2, 0.25) is 0 Å². The molecule has 160 valence electrons. The standard InChI is InChI=1S/C19H31NO8/c1-10-8-19(6,16(21)22-7)28-20(10)15-14-13(26-18(4,5)27-14)12(24-15)11-9-23-17(2,3)25-11/h10-15H,8-9H2,1-7H3. The molecule has 0 amide bonds. The molecule has 0 aromatic heterocycles. The lowest BCUT2D eigenvalue weighted by Gasteiger charge is -2.32. The highest BCUT2D eigenvalue weighted by atomic mass is 16.8. The van der Waals surface area contributed by atoms with E-state index >= 15 is 0 Å². The van der Waals surface area contributed by atoms with E-state index in [4.69, 9.17) is 33.3 Å². The lowest BCUT2D eigenvalue weighted by Crippen LogP contribution is -2.46. The number of fused-ring (bicyclic) bond motifs is 1. The Balaban J connectivity index is 1.57. The van der Waals surface area contributed by atoms with Crippen LogP contribution in [-0.2, 0) is 38.1 Å². The molecule has 9 heteroatoms. The van der Waals surface area contributed by atoms with Crippen LogP contribution in [0.5, 0.6) is 0 Å². The van der Waals surface area contributed by atoms with Crippen LogP contribution in [0.4, 0.5) is 0 Å². The van der Waals surface area contributed by atoms with Crippen LogP contribution >= 0.6 is 0 Å². The fourth-order valence-corrected chi connectivity index (χ4v) is 4.64. The van der Waals surface area contributed by atoms with Gasteiger partial charge in [0.15, 0.2) is 23.4 Å². The van der Waals surface area contributed by atoms with Crippen molar-refractivity contribution >= 4 is 5.97 Å². The third-order valence-corrected chi connectivity index (χ3v) is 5.76. The number of ether oxygens (including phenoxy) is 6. The van der Waals surface area contributed by atoms with Crippen molar-refractivity contribution in [3.8, 4) is 0 Å². The molecule has 0 spiro atoms. The molecule has 4 rings (SSSR count). The van der Waals surface area contributed by atoms with Gasteiger partial charge >= 0.3 is 5.97 Å². The molecule has 28 heavy (non-hydrogen) atoms. The molecule has 4 fully saturated rings. The molecule has 4 saturated heterocycles. The van der Waals surface area contributed by atoms with Crippen LogP contribution in [0.1, 0.15) is 48.0 Å². The van der Waals surface area contributed by atoms with E-state index in [1.54, 1.807) is 12.0 Å². The predicted molar refractivity (Wildman–Crippen MR) is 94.8 cm³/mol. The number of nitrogens with zero attached hydrogens (tertiary/aromatic N) is 1. The van der Waals surface area contributed by atoms with Crippen molar-refractivity contribution in [3.05, 3.63) is 0 Å². The Morgan fingerprint density at radius 3 is 2.29 bits per heavy atom. The highest BCUT2D eigenvalue weighted by molar-refractivity contribution is 5.79. The summed E-state index contributed by atoms with van der Waals surface area (Å²) in [5.74, 6) is -1.83. The summed E-state index contributed by atoms with van der Waals surface area (Å²) in [6.07, 6.45) is -1.42. The number of methoxy groups -OCH3 is 1. The van der Waals surface area contributed by atoms with E-state index in [1.807, 2.05) is 34.6 Å². The Hall–Kier alpha value is -0.810. The normalized spacial score (nSPS) is 47.4. The topological polar surface area (TPSA) is 84.9 Å². The highest BCUT2D eigenvalue weighted by Gasteiger charge is 2.63. The van der Waals surface area contributed by atoms with Gasteiger partial charge in [-0.05, 0) is 41.5 Å². The lowest BCUT2D eigenvalue weighted by molar-refractivity contribution is -0.302. The first-order valence-corrected chi connectivity index (χ1v) is 9.83. The van der Waals surface area contributed by atoms with Crippen molar-refractivity contribution in [1.29, 1.82) is 0 Å². The SMILES string of the molecule is COC(=O)C1(C)CC(C)N(C2OC(C3COC(C)(C)O3)C3OC(C)(C)OC32)O1. The Morgan fingerprint density at radius 2 is 1.68 bits per heavy atom. The largest absolute Gasteiger partial charge is 0.467 e. The van der Waals surface area contributed by atoms with E-state index in [0.717, 1.165) is 0 Å². The molecule has 0 radical (unpaired) electrons. The zero-order valence-electron chi connectivity index (χ0n) is 17.6. The third kappa shape index (κ3) is 3.36. The van der Waals surface area contributed by atoms with Crippen LogP contribution in [0, 0.1) is 0 Å². The Labute approximate surface area is 165 Å². The summed E-state index contributed by atoms with van der Waals surface area (Å²) in [6, 6.07) is -0.0713. The maximum atomic E-state index is 12.2. The second-order valence-corrected chi connectivity index (χ2v) is 9.15. The van der Waals surface area contributed by atoms with Gasteiger partial charge in [-0.1, -0.05) is 0 Å². The molecule has 0 aliphatic carbocycles. The molecule has 4 heterocycles. The number of carbonyl (C=O) groups excluding carboxylic acids is 1. The number of rotatable bonds is 3. The van der Waals surface area contributed by atoms with Crippen LogP contribution in [-0.4, -0.2) is 78.6 Å². The molecule has 0 saturated carbocycles. The summed E-state index contributed by atoms with van der Waals surface area (Å²) in [7, 11) is 1.36. The molecule has 0 bridgehead atoms. The summed E-state index contributed by atoms with van der Waals surface area (Å²) in [4.78, 5) is 18.3. The summed E-state index contributed by atoms with van der Waals surface area (Å²) >= 11 is 0. The van der Waals surface area contributed by atoms with Crippen molar-refractivity contribution < 1.29 is 38.1 Å². The van der Waals surface area contributed by atoms with Crippen molar-refractivity contribution in [2.24, 2.45) is 0 Å². The molecular formula is C19H31NO8. The van der Waals surface area contributed by atoms with Gasteiger partial charge in [-0.2, -0.15) is 5.06 Å². The van der Waals surface area contributed by atoms with Crippen LogP contribution in [0.25, 0.3) is 0 Å². The van der Waals surface area contributed by atoms with Crippen LogP contribution in [0.3, 0.4) is 0 Å². The predicted octanol–water partition coefficient (Wildman–Crippen LogP) is 1.34. The first-order chi connectivity index (χ1) is 12.9. The van der Waals surface area contributed by atoms with Gasteiger partial charge in [-0.15, -0.1) is 0 Å². The molecule has 0 N–H and O–H groups in total. The average Bonchev–Trinajstić information content (AvgIpc) is 3.28. The Bertz CT molecular complexity index is 639. The number of esters is 1. The van der Waals surface area contributed by atoms with E-state index in [1.165, 1.54) is 7.11 Å². The van der Waals surface area contributed by atoms with E-state index < -0.39 is 29.4 Å². The average molecular weight is 401 g/mol. The smallest absolute Gasteiger partial charge is 0.340 e. The van der Waals surface area contributed by atoms with E-state index in [2.05, 4.69) is 0 Å². The first kappa shape index (κ1) is 20.5. The molecule has 0 aromatic carbocycles. The van der Waals surface area contributed by atoms with Gasteiger partial charge in [-0.25, -0.2) is 4.79 Å². The minimum atomic E-state index is -1.06. The number of carbonyl (C=O) groups is 1. The van der Waals surface area contributed by atoms with Gasteiger partial charge in [-0.3, -0.25) is 4.84 Å². The first-order valence-electron chi connectivity index (χ1n) is 9.83. The number of hydroxylamine groups is 2. The fourth-order valence-electron chi connectivity index (χ4n) is 4.64. The summed E-state index contributed by atoms with van der Waals surface area (Å²) in [6.45, 7) is 11.6. The fraction of sp³-hybridized carbons (Fsp3) is 0.947. The third-order valence-electron chi connectivity index (χ3n) is 5.76. The molecule has 7 unspecified atom stereocenters. The van der Waals surface area contributed by atoms with Crippen LogP contribution in [0.15, 0.2) is 0 Å². The van der Waals surface area contributed by atoms with Gasteiger partial charge in [0, 0.05) is 12.5 Å². The number of hydrogen-bond donors (Lipinski definition) is 0. The maximum Gasteiger partial charge on any atom is 0.340 e. The quantitative estimate of drug-likeness (QED) is 0.650. The van der Waals surface area contributed by atoms with Crippen LogP contribution < -0.4 is 0 Å². The summed E-state index contributed by atoms with van der Waals surface area (Å²) in [5.41, 5.74) is -1.06. The zero-order valence-corrected chi connectivity index (χ0v) is 17.6. The second kappa shape index (κ2) is 6.60. The molecule has 7 atom stereocenters. The summed E-state index contributed by atoms with van der Waals surface area (Å²) < 4.78 is 35.3. The zero-order chi connectivity index (χ0) is 20.5. The van der Waals surface area contributed by atoms with Gasteiger partial charge in [0.25, 0.3) is 0 Å². The highest BCUT2D eigenvalue weighted by Crippen LogP contribution is 2.45. The van der Waals surface area contributed by atoms with E-state index in [0.29, 0.717) is 13.0 Å². The minimum Gasteiger partial charge on any atom is -0.467 e. The molecule has 0 aromatic rings.